The van der Waals surface area contributed by atoms with Gasteiger partial charge in [-0.3, -0.25) is 9.58 Å². The van der Waals surface area contributed by atoms with E-state index in [1.165, 1.54) is 5.56 Å². The van der Waals surface area contributed by atoms with Crippen LogP contribution in [0.3, 0.4) is 0 Å². The van der Waals surface area contributed by atoms with E-state index < -0.39 is 0 Å². The van der Waals surface area contributed by atoms with Crippen molar-refractivity contribution in [3.8, 4) is 0 Å². The van der Waals surface area contributed by atoms with Crippen LogP contribution in [0.5, 0.6) is 0 Å². The van der Waals surface area contributed by atoms with Gasteiger partial charge in [0.1, 0.15) is 0 Å². The van der Waals surface area contributed by atoms with Crippen LogP contribution in [0.4, 0.5) is 0 Å². The Morgan fingerprint density at radius 3 is 2.15 bits per heavy atom. The van der Waals surface area contributed by atoms with Crippen molar-refractivity contribution in [2.24, 2.45) is 24.6 Å². The topological polar surface area (TPSA) is 47.1 Å². The summed E-state index contributed by atoms with van der Waals surface area (Å²) in [7, 11) is 4.16. The molecule has 0 amide bonds. The van der Waals surface area contributed by atoms with Gasteiger partial charge in [-0.05, 0) is 31.7 Å². The van der Waals surface area contributed by atoms with Crippen LogP contribution >= 0.6 is 0 Å². The highest BCUT2D eigenvalue weighted by Gasteiger charge is 2.34. The second-order valence-electron chi connectivity index (χ2n) is 7.00. The Morgan fingerprint density at radius 2 is 1.80 bits per heavy atom. The predicted molar refractivity (Wildman–Crippen MR) is 85.4 cm³/mol. The lowest BCUT2D eigenvalue weighted by Crippen LogP contribution is -2.53. The monoisotopic (exact) mass is 280 g/mol. The van der Waals surface area contributed by atoms with E-state index in [2.05, 4.69) is 50.9 Å². The third-order valence-electron chi connectivity index (χ3n) is 3.94. The lowest BCUT2D eigenvalue weighted by Gasteiger charge is -2.44. The van der Waals surface area contributed by atoms with Gasteiger partial charge in [-0.25, -0.2) is 0 Å². The molecule has 0 aliphatic heterocycles. The molecule has 4 nitrogen and oxygen atoms in total. The van der Waals surface area contributed by atoms with Crippen molar-refractivity contribution in [3.63, 3.8) is 0 Å². The van der Waals surface area contributed by atoms with Crippen LogP contribution in [0.2, 0.25) is 0 Å². The van der Waals surface area contributed by atoms with Crippen LogP contribution in [0.1, 0.15) is 46.1 Å². The van der Waals surface area contributed by atoms with E-state index in [0.29, 0.717) is 18.4 Å². The van der Waals surface area contributed by atoms with Crippen molar-refractivity contribution < 1.29 is 0 Å². The van der Waals surface area contributed by atoms with E-state index in [4.69, 9.17) is 5.73 Å². The van der Waals surface area contributed by atoms with Gasteiger partial charge in [0.25, 0.3) is 0 Å². The van der Waals surface area contributed by atoms with Gasteiger partial charge in [-0.1, -0.05) is 27.7 Å². The van der Waals surface area contributed by atoms with Crippen molar-refractivity contribution in [3.05, 3.63) is 18.0 Å². The molecule has 116 valence electrons. The zero-order chi connectivity index (χ0) is 15.3. The average molecular weight is 280 g/mol. The van der Waals surface area contributed by atoms with Crippen molar-refractivity contribution in [1.82, 2.24) is 14.7 Å². The van der Waals surface area contributed by atoms with Crippen molar-refractivity contribution in [2.75, 3.05) is 13.6 Å². The van der Waals surface area contributed by atoms with E-state index in [0.717, 1.165) is 19.4 Å². The van der Waals surface area contributed by atoms with Crippen LogP contribution in [0, 0.1) is 11.8 Å². The van der Waals surface area contributed by atoms with Crippen LogP contribution in [0.15, 0.2) is 12.4 Å². The molecule has 2 N–H and O–H groups in total. The summed E-state index contributed by atoms with van der Waals surface area (Å²) in [5.74, 6) is 1.29. The van der Waals surface area contributed by atoms with Gasteiger partial charge >= 0.3 is 0 Å². The van der Waals surface area contributed by atoms with Crippen LogP contribution in [-0.2, 0) is 13.6 Å². The molecule has 0 radical (unpaired) electrons. The van der Waals surface area contributed by atoms with Crippen LogP contribution in [-0.4, -0.2) is 33.8 Å². The van der Waals surface area contributed by atoms with Crippen LogP contribution in [0.25, 0.3) is 0 Å². The highest BCUT2D eigenvalue weighted by Crippen LogP contribution is 2.30. The molecule has 1 aromatic rings. The highest BCUT2D eigenvalue weighted by atomic mass is 15.2. The molecule has 0 fully saturated rings. The van der Waals surface area contributed by atoms with E-state index in [-0.39, 0.29) is 5.54 Å². The van der Waals surface area contributed by atoms with E-state index in [9.17, 15) is 0 Å². The molecule has 0 aliphatic carbocycles. The molecule has 0 spiro atoms. The molecule has 1 aromatic heterocycles. The number of likely N-dealkylation sites (N-methyl/N-ethyl adjacent to an activating group) is 1. The maximum atomic E-state index is 6.20. The van der Waals surface area contributed by atoms with Gasteiger partial charge in [0.2, 0.25) is 0 Å². The second kappa shape index (κ2) is 7.23. The van der Waals surface area contributed by atoms with Crippen molar-refractivity contribution >= 4 is 0 Å². The molecular weight excluding hydrogens is 248 g/mol. The number of nitrogens with zero attached hydrogens (tertiary/aromatic N) is 3. The Bertz CT molecular complexity index is 385. The quantitative estimate of drug-likeness (QED) is 0.796. The average Bonchev–Trinajstić information content (AvgIpc) is 2.72. The summed E-state index contributed by atoms with van der Waals surface area (Å²) in [5.41, 5.74) is 7.53. The Labute approximate surface area is 124 Å². The number of hydrogen-bond acceptors (Lipinski definition) is 3. The van der Waals surface area contributed by atoms with Gasteiger partial charge < -0.3 is 5.73 Å². The smallest absolute Gasteiger partial charge is 0.0534 e. The highest BCUT2D eigenvalue weighted by molar-refractivity contribution is 5.05. The molecule has 0 aromatic carbocycles. The molecule has 0 bridgehead atoms. The number of aryl methyl sites for hydroxylation is 1. The van der Waals surface area contributed by atoms with Gasteiger partial charge in [0.05, 0.1) is 6.20 Å². The first-order valence-corrected chi connectivity index (χ1v) is 7.68. The summed E-state index contributed by atoms with van der Waals surface area (Å²) >= 11 is 0. The molecule has 0 aliphatic rings. The fourth-order valence-corrected chi connectivity index (χ4v) is 3.23. The molecule has 4 heteroatoms. The molecule has 20 heavy (non-hydrogen) atoms. The number of nitrogens with two attached hydrogens (primary N) is 1. The Balaban J connectivity index is 2.89. The van der Waals surface area contributed by atoms with Crippen LogP contribution < -0.4 is 5.73 Å². The first-order chi connectivity index (χ1) is 9.29. The molecule has 1 rings (SSSR count). The fourth-order valence-electron chi connectivity index (χ4n) is 3.23. The minimum Gasteiger partial charge on any atom is -0.329 e. The summed E-state index contributed by atoms with van der Waals surface area (Å²) in [5, 5.41) is 4.26. The SMILES string of the molecule is CC(C)CC(CN)(CC(C)C)N(C)Cc1cnn(C)c1. The number of hydrogen-bond donors (Lipinski definition) is 1. The summed E-state index contributed by atoms with van der Waals surface area (Å²) in [6.45, 7) is 10.7. The third kappa shape index (κ3) is 4.60. The van der Waals surface area contributed by atoms with E-state index in [1.54, 1.807) is 0 Å². The van der Waals surface area contributed by atoms with Gasteiger partial charge in [-0.15, -0.1) is 0 Å². The molecule has 1 heterocycles. The zero-order valence-corrected chi connectivity index (χ0v) is 14.1. The molecule has 0 saturated heterocycles. The van der Waals surface area contributed by atoms with Gasteiger partial charge in [0, 0.05) is 37.4 Å². The normalized spacial score (nSPS) is 12.9. The summed E-state index contributed by atoms with van der Waals surface area (Å²) in [4.78, 5) is 2.43. The molecular formula is C16H32N4. The minimum absolute atomic E-state index is 0.0815. The third-order valence-corrected chi connectivity index (χ3v) is 3.94. The lowest BCUT2D eigenvalue weighted by molar-refractivity contribution is 0.0713. The predicted octanol–water partition coefficient (Wildman–Crippen LogP) is 2.64. The van der Waals surface area contributed by atoms with Crippen molar-refractivity contribution in [1.29, 1.82) is 0 Å². The first kappa shape index (κ1) is 17.2. The van der Waals surface area contributed by atoms with Crippen molar-refractivity contribution in [2.45, 2.75) is 52.6 Å². The van der Waals surface area contributed by atoms with E-state index in [1.807, 2.05) is 17.9 Å². The summed E-state index contributed by atoms with van der Waals surface area (Å²) in [6.07, 6.45) is 6.31. The maximum absolute atomic E-state index is 6.20. The standard InChI is InChI=1S/C16H32N4/c1-13(2)7-16(12-17,8-14(3)4)19(5)10-15-9-18-20(6)11-15/h9,11,13-14H,7-8,10,12,17H2,1-6H3. The molecule has 0 saturated carbocycles. The zero-order valence-electron chi connectivity index (χ0n) is 14.1. The molecule has 0 atom stereocenters. The Hall–Kier alpha value is -0.870. The maximum Gasteiger partial charge on any atom is 0.0534 e. The lowest BCUT2D eigenvalue weighted by atomic mass is 9.80. The second-order valence-corrected chi connectivity index (χ2v) is 7.00. The minimum atomic E-state index is 0.0815. The number of rotatable bonds is 8. The Morgan fingerprint density at radius 1 is 1.25 bits per heavy atom. The summed E-state index contributed by atoms with van der Waals surface area (Å²) < 4.78 is 1.86. The number of aromatic nitrogens is 2. The van der Waals surface area contributed by atoms with E-state index >= 15 is 0 Å². The summed E-state index contributed by atoms with van der Waals surface area (Å²) in [6, 6.07) is 0. The Kier molecular flexibility index (Phi) is 6.21. The first-order valence-electron chi connectivity index (χ1n) is 7.68. The molecule has 0 unspecified atom stereocenters. The fraction of sp³-hybridized carbons (Fsp3) is 0.812. The largest absolute Gasteiger partial charge is 0.329 e. The van der Waals surface area contributed by atoms with Gasteiger partial charge in [0.15, 0.2) is 0 Å². The van der Waals surface area contributed by atoms with Gasteiger partial charge in [-0.2, -0.15) is 5.10 Å².